The summed E-state index contributed by atoms with van der Waals surface area (Å²) in [5.41, 5.74) is 0. The first-order chi connectivity index (χ1) is 1.91. The van der Waals surface area contributed by atoms with Crippen molar-refractivity contribution < 1.29 is 12.9 Å². The molecule has 0 aromatic rings. The van der Waals surface area contributed by atoms with Crippen LogP contribution in [0.25, 0.3) is 0 Å². The molecule has 0 aliphatic carbocycles. The Morgan fingerprint density at radius 2 is 2.00 bits per heavy atom. The van der Waals surface area contributed by atoms with Crippen LogP contribution in [0, 0.1) is 0 Å². The van der Waals surface area contributed by atoms with Crippen LogP contribution in [0.15, 0.2) is 0 Å². The quantitative estimate of drug-likeness (QED) is 0.527. The summed E-state index contributed by atoms with van der Waals surface area (Å²) in [6.45, 7) is 0. The number of hydrogen-bond donors (Lipinski definition) is 0. The van der Waals surface area contributed by atoms with E-state index >= 15 is 0 Å². The summed E-state index contributed by atoms with van der Waals surface area (Å²) in [5, 5.41) is 0. The maximum absolute atomic E-state index is 5.02. The Morgan fingerprint density at radius 1 is 1.75 bits per heavy atom. The van der Waals surface area contributed by atoms with E-state index in [9.17, 15) is 0 Å². The van der Waals surface area contributed by atoms with Gasteiger partial charge in [0.1, 0.15) is 0 Å². The molecule has 0 aromatic heterocycles. The molecule has 0 nitrogen and oxygen atoms in total. The SMILES string of the molecule is Cl[S][Fe][Cl]. The third kappa shape index (κ3) is 3.45. The normalized spacial score (nSPS) is 8.50. The fourth-order valence-corrected chi connectivity index (χ4v) is 0. The van der Waals surface area contributed by atoms with Gasteiger partial charge in [0.15, 0.2) is 0 Å². The predicted octanol–water partition coefficient (Wildman–Crippen LogP) is 2.02. The number of rotatable bonds is 1. The van der Waals surface area contributed by atoms with Crippen LogP contribution in [0.2, 0.25) is 0 Å². The molecule has 28 valence electrons. The molecule has 0 amide bonds. The average Bonchev–Trinajstić information content (AvgIpc) is 1.37. The molecule has 0 fully saturated rings. The van der Waals surface area contributed by atoms with Crippen LogP contribution < -0.4 is 0 Å². The monoisotopic (exact) mass is 158 g/mol. The van der Waals surface area contributed by atoms with E-state index in [0.717, 1.165) is 9.39 Å². The Labute approximate surface area is 43.2 Å². The first-order valence-electron chi connectivity index (χ1n) is 0.432. The molecule has 0 rings (SSSR count). The van der Waals surface area contributed by atoms with E-state index in [-0.39, 0.29) is 0 Å². The third-order valence-corrected chi connectivity index (χ3v) is 2.30. The van der Waals surface area contributed by atoms with Gasteiger partial charge in [0.25, 0.3) is 0 Å². The summed E-state index contributed by atoms with van der Waals surface area (Å²) in [5.74, 6) is 0. The Balaban J connectivity index is 1.97. The first kappa shape index (κ1) is 5.45. The molecule has 0 aromatic carbocycles. The average molecular weight is 159 g/mol. The Hall–Kier alpha value is 1.45. The van der Waals surface area contributed by atoms with Crippen LogP contribution in [-0.2, 0) is 12.9 Å². The molecular formula is Cl2FeS. The van der Waals surface area contributed by atoms with Gasteiger partial charge in [-0.2, -0.15) is 0 Å². The van der Waals surface area contributed by atoms with Crippen molar-refractivity contribution in [3.8, 4) is 0 Å². The van der Waals surface area contributed by atoms with Crippen LogP contribution in [-0.4, -0.2) is 0 Å². The molecule has 0 bridgehead atoms. The molecule has 0 heterocycles. The summed E-state index contributed by atoms with van der Waals surface area (Å²) < 4.78 is 0. The van der Waals surface area contributed by atoms with E-state index in [1.807, 2.05) is 0 Å². The van der Waals surface area contributed by atoms with Gasteiger partial charge in [0.2, 0.25) is 0 Å². The van der Waals surface area contributed by atoms with Crippen molar-refractivity contribution in [1.29, 1.82) is 0 Å². The van der Waals surface area contributed by atoms with E-state index < -0.39 is 0 Å². The molecule has 0 saturated carbocycles. The van der Waals surface area contributed by atoms with Gasteiger partial charge in [-0.15, -0.1) is 0 Å². The topological polar surface area (TPSA) is 0 Å². The Morgan fingerprint density at radius 3 is 2.00 bits per heavy atom. The second kappa shape index (κ2) is 4.45. The summed E-state index contributed by atoms with van der Waals surface area (Å²) in [7, 11) is 11.1. The van der Waals surface area contributed by atoms with E-state index in [0.29, 0.717) is 12.9 Å². The van der Waals surface area contributed by atoms with Gasteiger partial charge in [-0.25, -0.2) is 0 Å². The van der Waals surface area contributed by atoms with Gasteiger partial charge in [-0.05, 0) is 0 Å². The Bertz CT molecular complexity index is 8.00. The van der Waals surface area contributed by atoms with Gasteiger partial charge in [0.05, 0.1) is 0 Å². The van der Waals surface area contributed by atoms with Crippen molar-refractivity contribution >= 4 is 30.2 Å². The maximum atomic E-state index is 5.02. The molecule has 0 radical (unpaired) electrons. The second-order valence-corrected chi connectivity index (χ2v) is 4.05. The minimum absolute atomic E-state index is 0.474. The summed E-state index contributed by atoms with van der Waals surface area (Å²) >= 11 is 0.474. The molecule has 0 atom stereocenters. The summed E-state index contributed by atoms with van der Waals surface area (Å²) in [6.07, 6.45) is 0. The van der Waals surface area contributed by atoms with Crippen molar-refractivity contribution in [2.75, 3.05) is 0 Å². The third-order valence-electron chi connectivity index (χ3n) is 0.0206. The Kier molecular flexibility index (Phi) is 6.06. The zero-order chi connectivity index (χ0) is 3.41. The fourth-order valence-electron chi connectivity index (χ4n) is 0. The molecular weight excluding hydrogens is 159 g/mol. The molecule has 0 N–H and O–H groups in total. The van der Waals surface area contributed by atoms with Crippen molar-refractivity contribution in [3.05, 3.63) is 0 Å². The number of hydrogen-bond acceptors (Lipinski definition) is 1. The van der Waals surface area contributed by atoms with Crippen molar-refractivity contribution in [1.82, 2.24) is 0 Å². The summed E-state index contributed by atoms with van der Waals surface area (Å²) in [6, 6.07) is 0. The van der Waals surface area contributed by atoms with Crippen LogP contribution in [0.1, 0.15) is 0 Å². The number of halogens is 2. The van der Waals surface area contributed by atoms with Crippen molar-refractivity contribution in [2.45, 2.75) is 0 Å². The van der Waals surface area contributed by atoms with Gasteiger partial charge in [-0.1, -0.05) is 0 Å². The van der Waals surface area contributed by atoms with E-state index in [2.05, 4.69) is 0 Å². The summed E-state index contributed by atoms with van der Waals surface area (Å²) in [4.78, 5) is 0. The van der Waals surface area contributed by atoms with Crippen molar-refractivity contribution in [3.63, 3.8) is 0 Å². The molecule has 4 heavy (non-hydrogen) atoms. The zero-order valence-corrected chi connectivity index (χ0v) is 4.95. The fraction of sp³-hybridized carbons (Fsp3) is 0. The molecule has 0 spiro atoms. The minimum atomic E-state index is 0.474. The van der Waals surface area contributed by atoms with Crippen LogP contribution in [0.4, 0.5) is 0 Å². The van der Waals surface area contributed by atoms with Crippen molar-refractivity contribution in [2.24, 2.45) is 0 Å². The second-order valence-electron chi connectivity index (χ2n) is 0.109. The van der Waals surface area contributed by atoms with Gasteiger partial charge < -0.3 is 0 Å². The van der Waals surface area contributed by atoms with Gasteiger partial charge >= 0.3 is 43.1 Å². The molecule has 0 unspecified atom stereocenters. The van der Waals surface area contributed by atoms with Gasteiger partial charge in [-0.3, -0.25) is 0 Å². The van der Waals surface area contributed by atoms with E-state index in [1.165, 1.54) is 0 Å². The van der Waals surface area contributed by atoms with Gasteiger partial charge in [0, 0.05) is 0 Å². The standard InChI is InChI=1S/ClS.ClH.Fe/c1-2;;/h;1H;/q-1;;+2/p-1. The zero-order valence-electron chi connectivity index (χ0n) is 1.52. The van der Waals surface area contributed by atoms with Crippen LogP contribution in [0.3, 0.4) is 0 Å². The van der Waals surface area contributed by atoms with Crippen LogP contribution >= 0.6 is 30.2 Å². The molecule has 0 aliphatic rings. The van der Waals surface area contributed by atoms with E-state index in [4.69, 9.17) is 20.8 Å². The molecule has 0 saturated heterocycles. The van der Waals surface area contributed by atoms with E-state index in [1.54, 1.807) is 0 Å². The predicted molar refractivity (Wildman–Crippen MR) is 19.3 cm³/mol. The first-order valence-corrected chi connectivity index (χ1v) is 4.83. The van der Waals surface area contributed by atoms with Crippen LogP contribution in [0.5, 0.6) is 0 Å². The molecule has 4 heteroatoms. The molecule has 0 aliphatic heterocycles.